The van der Waals surface area contributed by atoms with Crippen molar-refractivity contribution in [3.05, 3.63) is 29.9 Å². The minimum absolute atomic E-state index is 0.0426. The molecule has 2 aliphatic heterocycles. The number of hydrogen-bond acceptors (Lipinski definition) is 9. The summed E-state index contributed by atoms with van der Waals surface area (Å²) < 4.78 is 31.3. The standard InChI is InChI=1S/C31H45FN6O5/c1-23(33-28(39)9-11-37-16-19-41-20-17-37)31(40)38-14-12-36(13-15-38)10-4-18-42-25-7-8-26(27(32)22-25)30-34-29(43-35-30)21-24-5-2-3-6-24/h7-8,22-24H,2-6,9-21H2,1H3,(H,33,39)/t23-/m1/s1. The molecule has 1 atom stereocenters. The minimum Gasteiger partial charge on any atom is -0.493 e. The number of ether oxygens (including phenoxy) is 2. The van der Waals surface area contributed by atoms with Crippen LogP contribution in [-0.2, 0) is 20.7 Å². The number of nitrogens with one attached hydrogen (secondary N) is 1. The van der Waals surface area contributed by atoms with Gasteiger partial charge >= 0.3 is 0 Å². The number of nitrogens with zero attached hydrogens (tertiary/aromatic N) is 5. The normalized spacial score (nSPS) is 19.4. The Morgan fingerprint density at radius 1 is 1.07 bits per heavy atom. The van der Waals surface area contributed by atoms with Crippen molar-refractivity contribution in [3.63, 3.8) is 0 Å². The molecular formula is C31H45FN6O5. The van der Waals surface area contributed by atoms with Crippen molar-refractivity contribution in [1.29, 1.82) is 0 Å². The Kier molecular flexibility index (Phi) is 11.4. The second-order valence-corrected chi connectivity index (χ2v) is 11.9. The number of hydrogen-bond donors (Lipinski definition) is 1. The highest BCUT2D eigenvalue weighted by atomic mass is 19.1. The topological polar surface area (TPSA) is 113 Å². The highest BCUT2D eigenvalue weighted by molar-refractivity contribution is 5.87. The first-order valence-corrected chi connectivity index (χ1v) is 15.8. The summed E-state index contributed by atoms with van der Waals surface area (Å²) in [5.74, 6) is 1.32. The second-order valence-electron chi connectivity index (χ2n) is 11.9. The summed E-state index contributed by atoms with van der Waals surface area (Å²) in [5, 5.41) is 6.85. The first-order valence-electron chi connectivity index (χ1n) is 15.8. The van der Waals surface area contributed by atoms with Crippen LogP contribution in [0.25, 0.3) is 11.4 Å². The summed E-state index contributed by atoms with van der Waals surface area (Å²) in [7, 11) is 0. The number of benzene rings is 1. The molecule has 2 saturated heterocycles. The lowest BCUT2D eigenvalue weighted by atomic mass is 10.0. The highest BCUT2D eigenvalue weighted by Crippen LogP contribution is 2.29. The third-order valence-electron chi connectivity index (χ3n) is 8.67. The van der Waals surface area contributed by atoms with Gasteiger partial charge in [0, 0.05) is 71.3 Å². The van der Waals surface area contributed by atoms with Crippen molar-refractivity contribution >= 4 is 11.8 Å². The lowest BCUT2D eigenvalue weighted by Gasteiger charge is -2.36. The van der Waals surface area contributed by atoms with Gasteiger partial charge in [-0.1, -0.05) is 18.0 Å². The SMILES string of the molecule is C[C@@H](NC(=O)CCN1CCOCC1)C(=O)N1CCN(CCCOc2ccc(-c3noc(CC4CCCC4)n3)c(F)c2)CC1. The van der Waals surface area contributed by atoms with Gasteiger partial charge in [-0.15, -0.1) is 0 Å². The zero-order chi connectivity index (χ0) is 30.0. The average molecular weight is 601 g/mol. The monoisotopic (exact) mass is 600 g/mol. The maximum atomic E-state index is 14.8. The fourth-order valence-corrected chi connectivity index (χ4v) is 6.08. The Morgan fingerprint density at radius 3 is 2.56 bits per heavy atom. The number of amides is 2. The van der Waals surface area contributed by atoms with E-state index < -0.39 is 11.9 Å². The number of rotatable bonds is 13. The Morgan fingerprint density at radius 2 is 1.81 bits per heavy atom. The van der Waals surface area contributed by atoms with E-state index in [9.17, 15) is 14.0 Å². The molecule has 0 unspecified atom stereocenters. The lowest BCUT2D eigenvalue weighted by molar-refractivity contribution is -0.137. The van der Waals surface area contributed by atoms with E-state index in [1.165, 1.54) is 31.7 Å². The molecule has 2 amide bonds. The first-order chi connectivity index (χ1) is 20.9. The zero-order valence-electron chi connectivity index (χ0n) is 25.3. The molecule has 12 heteroatoms. The van der Waals surface area contributed by atoms with Gasteiger partial charge < -0.3 is 24.2 Å². The first kappa shape index (κ1) is 31.3. The Balaban J connectivity index is 0.963. The molecule has 0 spiro atoms. The van der Waals surface area contributed by atoms with Crippen LogP contribution >= 0.6 is 0 Å². The van der Waals surface area contributed by atoms with Crippen LogP contribution in [0, 0.1) is 11.7 Å². The minimum atomic E-state index is -0.539. The molecule has 1 N–H and O–H groups in total. The van der Waals surface area contributed by atoms with Crippen LogP contribution in [0.15, 0.2) is 22.7 Å². The summed E-state index contributed by atoms with van der Waals surface area (Å²) in [6, 6.07) is 4.20. The molecule has 0 bridgehead atoms. The van der Waals surface area contributed by atoms with Crippen LogP contribution < -0.4 is 10.1 Å². The van der Waals surface area contributed by atoms with Gasteiger partial charge in [-0.25, -0.2) is 4.39 Å². The van der Waals surface area contributed by atoms with E-state index in [4.69, 9.17) is 14.0 Å². The van der Waals surface area contributed by atoms with Crippen LogP contribution in [0.2, 0.25) is 0 Å². The number of morpholine rings is 1. The molecule has 1 aromatic carbocycles. The van der Waals surface area contributed by atoms with Gasteiger partial charge in [0.25, 0.3) is 0 Å². The predicted molar refractivity (Wildman–Crippen MR) is 158 cm³/mol. The molecule has 1 aliphatic carbocycles. The molecule has 43 heavy (non-hydrogen) atoms. The van der Waals surface area contributed by atoms with Crippen molar-refractivity contribution in [3.8, 4) is 17.1 Å². The van der Waals surface area contributed by atoms with Gasteiger partial charge in [-0.05, 0) is 44.2 Å². The van der Waals surface area contributed by atoms with Gasteiger partial charge in [0.1, 0.15) is 17.6 Å². The molecule has 2 aromatic rings. The van der Waals surface area contributed by atoms with Gasteiger partial charge in [0.15, 0.2) is 0 Å². The second kappa shape index (κ2) is 15.6. The molecule has 3 heterocycles. The Hall–Kier alpha value is -3.09. The molecule has 236 valence electrons. The van der Waals surface area contributed by atoms with Crippen LogP contribution in [0.5, 0.6) is 5.75 Å². The maximum absolute atomic E-state index is 14.8. The quantitative estimate of drug-likeness (QED) is 0.347. The van der Waals surface area contributed by atoms with Gasteiger partial charge in [-0.3, -0.25) is 19.4 Å². The average Bonchev–Trinajstić information content (AvgIpc) is 3.71. The van der Waals surface area contributed by atoms with Crippen molar-refractivity contribution in [2.75, 3.05) is 72.2 Å². The smallest absolute Gasteiger partial charge is 0.244 e. The largest absolute Gasteiger partial charge is 0.493 e. The van der Waals surface area contributed by atoms with Crippen molar-refractivity contribution in [2.45, 2.75) is 57.9 Å². The van der Waals surface area contributed by atoms with Crippen LogP contribution in [0.4, 0.5) is 4.39 Å². The summed E-state index contributed by atoms with van der Waals surface area (Å²) in [6.45, 7) is 9.58. The third kappa shape index (κ3) is 9.20. The number of carbonyl (C=O) groups is 2. The summed E-state index contributed by atoms with van der Waals surface area (Å²) in [6.07, 6.45) is 6.78. The molecule has 3 fully saturated rings. The molecule has 11 nitrogen and oxygen atoms in total. The third-order valence-corrected chi connectivity index (χ3v) is 8.67. The van der Waals surface area contributed by atoms with Crippen LogP contribution in [-0.4, -0.2) is 115 Å². The number of halogens is 1. The predicted octanol–water partition coefficient (Wildman–Crippen LogP) is 2.75. The molecule has 1 saturated carbocycles. The van der Waals surface area contributed by atoms with Crippen molar-refractivity contribution < 1.29 is 28.0 Å². The number of carbonyl (C=O) groups excluding carboxylic acids is 2. The molecule has 5 rings (SSSR count). The van der Waals surface area contributed by atoms with E-state index in [1.807, 2.05) is 4.90 Å². The van der Waals surface area contributed by atoms with Gasteiger partial charge in [0.05, 0.1) is 25.4 Å². The van der Waals surface area contributed by atoms with Crippen molar-refractivity contribution in [1.82, 2.24) is 30.2 Å². The molecular weight excluding hydrogens is 555 g/mol. The Bertz CT molecular complexity index is 1190. The Labute approximate surface area is 253 Å². The lowest BCUT2D eigenvalue weighted by Crippen LogP contribution is -2.54. The van der Waals surface area contributed by atoms with Crippen LogP contribution in [0.3, 0.4) is 0 Å². The summed E-state index contributed by atoms with van der Waals surface area (Å²) in [4.78, 5) is 36.0. The van der Waals surface area contributed by atoms with E-state index in [1.54, 1.807) is 19.1 Å². The molecule has 3 aliphatic rings. The highest BCUT2D eigenvalue weighted by Gasteiger charge is 2.26. The molecule has 0 radical (unpaired) electrons. The van der Waals surface area contributed by atoms with E-state index in [0.29, 0.717) is 69.0 Å². The van der Waals surface area contributed by atoms with Gasteiger partial charge in [-0.2, -0.15) is 4.98 Å². The summed E-state index contributed by atoms with van der Waals surface area (Å²) >= 11 is 0. The van der Waals surface area contributed by atoms with Crippen molar-refractivity contribution in [2.24, 2.45) is 5.92 Å². The van der Waals surface area contributed by atoms with E-state index in [2.05, 4.69) is 25.3 Å². The van der Waals surface area contributed by atoms with Gasteiger partial charge in [0.2, 0.25) is 23.5 Å². The fourth-order valence-electron chi connectivity index (χ4n) is 6.08. The molecule has 1 aromatic heterocycles. The van der Waals surface area contributed by atoms with E-state index in [-0.39, 0.29) is 17.6 Å². The number of piperazine rings is 1. The van der Waals surface area contributed by atoms with E-state index >= 15 is 0 Å². The summed E-state index contributed by atoms with van der Waals surface area (Å²) in [5.41, 5.74) is 0.308. The maximum Gasteiger partial charge on any atom is 0.244 e. The fraction of sp³-hybridized carbons (Fsp3) is 0.677. The van der Waals surface area contributed by atoms with E-state index in [0.717, 1.165) is 45.6 Å². The zero-order valence-corrected chi connectivity index (χ0v) is 25.3. The van der Waals surface area contributed by atoms with Crippen LogP contribution in [0.1, 0.15) is 51.3 Å². The number of aromatic nitrogens is 2.